The van der Waals surface area contributed by atoms with Crippen LogP contribution in [-0.2, 0) is 6.42 Å². The third-order valence-electron chi connectivity index (χ3n) is 2.82. The number of hydrogen-bond donors (Lipinski definition) is 1. The first kappa shape index (κ1) is 13.5. The fourth-order valence-corrected chi connectivity index (χ4v) is 2.16. The van der Waals surface area contributed by atoms with Crippen LogP contribution in [0.1, 0.15) is 12.7 Å². The third-order valence-corrected chi connectivity index (χ3v) is 3.03. The van der Waals surface area contributed by atoms with E-state index in [1.807, 2.05) is 31.2 Å². The summed E-state index contributed by atoms with van der Waals surface area (Å²) in [5, 5.41) is 0. The molecule has 0 radical (unpaired) electrons. The predicted octanol–water partition coefficient (Wildman–Crippen LogP) is 3.39. The van der Waals surface area contributed by atoms with Crippen LogP contribution in [0.15, 0.2) is 24.3 Å². The number of aryl methyl sites for hydroxylation is 1. The molecule has 0 spiro atoms. The van der Waals surface area contributed by atoms with Crippen LogP contribution in [0.5, 0.6) is 11.5 Å². The lowest BCUT2D eigenvalue weighted by molar-refractivity contribution is 0.397. The smallest absolute Gasteiger partial charge is 0.131 e. The summed E-state index contributed by atoms with van der Waals surface area (Å²) in [6.07, 6.45) is 0.787. The van der Waals surface area contributed by atoms with E-state index in [0.29, 0.717) is 4.64 Å². The number of aromatic nitrogens is 2. The summed E-state index contributed by atoms with van der Waals surface area (Å²) >= 11 is 5.20. The lowest BCUT2D eigenvalue weighted by Gasteiger charge is -2.13. The van der Waals surface area contributed by atoms with Gasteiger partial charge >= 0.3 is 0 Å². The van der Waals surface area contributed by atoms with Crippen LogP contribution in [0.3, 0.4) is 0 Å². The van der Waals surface area contributed by atoms with Gasteiger partial charge in [0, 0.05) is 6.42 Å². The van der Waals surface area contributed by atoms with Crippen molar-refractivity contribution >= 4 is 12.2 Å². The molecule has 5 heteroatoms. The molecule has 1 aromatic carbocycles. The highest BCUT2D eigenvalue weighted by molar-refractivity contribution is 7.71. The van der Waals surface area contributed by atoms with Crippen LogP contribution in [0, 0.1) is 4.64 Å². The molecule has 100 valence electrons. The molecule has 2 aromatic rings. The average Bonchev–Trinajstić information content (AvgIpc) is 2.45. The normalized spacial score (nSPS) is 10.3. The number of H-pyrrole nitrogens is 1. The molecular weight excluding hydrogens is 260 g/mol. The Morgan fingerprint density at radius 3 is 2.37 bits per heavy atom. The van der Waals surface area contributed by atoms with E-state index in [9.17, 15) is 0 Å². The molecular formula is C14H16N2O2S. The Morgan fingerprint density at radius 1 is 1.21 bits per heavy atom. The minimum absolute atomic E-state index is 0.554. The molecule has 0 atom stereocenters. The first-order valence-electron chi connectivity index (χ1n) is 6.01. The Labute approximate surface area is 117 Å². The van der Waals surface area contributed by atoms with Gasteiger partial charge in [-0.15, -0.1) is 0 Å². The second-order valence-electron chi connectivity index (χ2n) is 3.97. The summed E-state index contributed by atoms with van der Waals surface area (Å²) in [5.74, 6) is 2.31. The summed E-state index contributed by atoms with van der Waals surface area (Å²) in [7, 11) is 3.27. The van der Waals surface area contributed by atoms with Gasteiger partial charge in [-0.2, -0.15) is 0 Å². The van der Waals surface area contributed by atoms with E-state index in [-0.39, 0.29) is 0 Å². The fourth-order valence-electron chi connectivity index (χ4n) is 1.93. The molecule has 1 aromatic heterocycles. The van der Waals surface area contributed by atoms with Gasteiger partial charge in [-0.25, -0.2) is 4.98 Å². The number of hydrogen-bond acceptors (Lipinski definition) is 4. The van der Waals surface area contributed by atoms with Crippen molar-refractivity contribution < 1.29 is 9.47 Å². The van der Waals surface area contributed by atoms with Crippen LogP contribution in [-0.4, -0.2) is 24.2 Å². The maximum atomic E-state index is 5.40. The summed E-state index contributed by atoms with van der Waals surface area (Å²) in [6, 6.07) is 7.48. The van der Waals surface area contributed by atoms with Gasteiger partial charge in [0.15, 0.2) is 0 Å². The molecule has 0 aliphatic heterocycles. The van der Waals surface area contributed by atoms with Crippen LogP contribution in [0.25, 0.3) is 11.3 Å². The number of ether oxygens (including phenoxy) is 2. The Balaban J connectivity index is 2.70. The number of methoxy groups -OCH3 is 2. The van der Waals surface area contributed by atoms with Crippen molar-refractivity contribution in [2.45, 2.75) is 13.3 Å². The monoisotopic (exact) mass is 276 g/mol. The van der Waals surface area contributed by atoms with Gasteiger partial charge in [0.2, 0.25) is 0 Å². The number of benzene rings is 1. The molecule has 0 amide bonds. The molecule has 0 bridgehead atoms. The molecule has 0 unspecified atom stereocenters. The first-order valence-corrected chi connectivity index (χ1v) is 6.42. The van der Waals surface area contributed by atoms with E-state index >= 15 is 0 Å². The van der Waals surface area contributed by atoms with E-state index in [2.05, 4.69) is 9.97 Å². The molecule has 0 aliphatic rings. The topological polar surface area (TPSA) is 47.1 Å². The van der Waals surface area contributed by atoms with Crippen LogP contribution in [0.4, 0.5) is 0 Å². The highest BCUT2D eigenvalue weighted by atomic mass is 32.1. The molecule has 0 saturated carbocycles. The standard InChI is InChI=1S/C14H16N2O2S/c1-4-12-15-9(8-13(19)16-12)14-10(17-2)6-5-7-11(14)18-3/h5-8H,4H2,1-3H3,(H,15,16,19). The maximum absolute atomic E-state index is 5.40. The van der Waals surface area contributed by atoms with Crippen molar-refractivity contribution in [1.82, 2.24) is 9.97 Å². The van der Waals surface area contributed by atoms with E-state index in [1.54, 1.807) is 14.2 Å². The fraction of sp³-hybridized carbons (Fsp3) is 0.286. The van der Waals surface area contributed by atoms with Crippen LogP contribution >= 0.6 is 12.2 Å². The molecule has 1 heterocycles. The van der Waals surface area contributed by atoms with Gasteiger partial charge in [-0.3, -0.25) is 0 Å². The third kappa shape index (κ3) is 2.76. The minimum Gasteiger partial charge on any atom is -0.496 e. The van der Waals surface area contributed by atoms with E-state index < -0.39 is 0 Å². The summed E-state index contributed by atoms with van der Waals surface area (Å²) in [6.45, 7) is 2.02. The summed E-state index contributed by atoms with van der Waals surface area (Å²) in [5.41, 5.74) is 1.71. The maximum Gasteiger partial charge on any atom is 0.131 e. The van der Waals surface area contributed by atoms with Crippen molar-refractivity contribution in [3.8, 4) is 22.8 Å². The first-order chi connectivity index (χ1) is 9.19. The summed E-state index contributed by atoms with van der Waals surface area (Å²) in [4.78, 5) is 7.53. The number of nitrogens with one attached hydrogen (secondary N) is 1. The van der Waals surface area contributed by atoms with E-state index in [4.69, 9.17) is 21.7 Å². The Kier molecular flexibility index (Phi) is 4.16. The van der Waals surface area contributed by atoms with Crippen molar-refractivity contribution in [3.05, 3.63) is 34.7 Å². The summed E-state index contributed by atoms with van der Waals surface area (Å²) < 4.78 is 11.4. The highest BCUT2D eigenvalue weighted by Gasteiger charge is 2.13. The average molecular weight is 276 g/mol. The second kappa shape index (κ2) is 5.84. The van der Waals surface area contributed by atoms with Crippen molar-refractivity contribution in [2.24, 2.45) is 0 Å². The van der Waals surface area contributed by atoms with Gasteiger partial charge in [0.1, 0.15) is 22.0 Å². The SMILES string of the molecule is CCc1nc(=S)cc(-c2c(OC)cccc2OC)[nH]1. The lowest BCUT2D eigenvalue weighted by atomic mass is 10.1. The zero-order valence-corrected chi connectivity index (χ0v) is 12.0. The van der Waals surface area contributed by atoms with Crippen LogP contribution < -0.4 is 9.47 Å². The zero-order chi connectivity index (χ0) is 13.8. The number of nitrogens with zero attached hydrogens (tertiary/aromatic N) is 1. The predicted molar refractivity (Wildman–Crippen MR) is 77.3 cm³/mol. The van der Waals surface area contributed by atoms with Gasteiger partial charge in [0.05, 0.1) is 25.5 Å². The zero-order valence-electron chi connectivity index (χ0n) is 11.2. The van der Waals surface area contributed by atoms with Gasteiger partial charge in [-0.05, 0) is 18.2 Å². The molecule has 2 rings (SSSR count). The molecule has 0 saturated heterocycles. The van der Waals surface area contributed by atoms with Crippen molar-refractivity contribution in [2.75, 3.05) is 14.2 Å². The van der Waals surface area contributed by atoms with Crippen molar-refractivity contribution in [3.63, 3.8) is 0 Å². The minimum atomic E-state index is 0.554. The lowest BCUT2D eigenvalue weighted by Crippen LogP contribution is -1.99. The van der Waals surface area contributed by atoms with Crippen molar-refractivity contribution in [1.29, 1.82) is 0 Å². The molecule has 0 aliphatic carbocycles. The Bertz CT molecular complexity index is 615. The molecule has 1 N–H and O–H groups in total. The Hall–Kier alpha value is -1.88. The van der Waals surface area contributed by atoms with Gasteiger partial charge < -0.3 is 14.5 Å². The van der Waals surface area contributed by atoms with Crippen LogP contribution in [0.2, 0.25) is 0 Å². The largest absolute Gasteiger partial charge is 0.496 e. The molecule has 19 heavy (non-hydrogen) atoms. The molecule has 0 fully saturated rings. The highest BCUT2D eigenvalue weighted by Crippen LogP contribution is 2.37. The van der Waals surface area contributed by atoms with E-state index in [1.165, 1.54) is 0 Å². The number of rotatable bonds is 4. The van der Waals surface area contributed by atoms with Gasteiger partial charge in [0.25, 0.3) is 0 Å². The molecule has 4 nitrogen and oxygen atoms in total. The Morgan fingerprint density at radius 2 is 1.84 bits per heavy atom. The van der Waals surface area contributed by atoms with Gasteiger partial charge in [-0.1, -0.05) is 25.2 Å². The number of aromatic amines is 1. The second-order valence-corrected chi connectivity index (χ2v) is 4.39. The quantitative estimate of drug-likeness (QED) is 0.870. The van der Waals surface area contributed by atoms with E-state index in [0.717, 1.165) is 35.0 Å².